The smallest absolute Gasteiger partial charge is 0.341 e. The SMILES string of the molecule is CCC(OC(=O)c1c2c(nc3ccccc13)CCN(C(C)C)C2)C(=O)Nc1sc2c(c1C(=O)OC)CCC(C(C)(C)C)C2. The van der Waals surface area contributed by atoms with Crippen molar-refractivity contribution < 1.29 is 23.9 Å². The number of fused-ring (bicyclic) bond motifs is 3. The number of carbonyl (C=O) groups excluding carboxylic acids is 3. The van der Waals surface area contributed by atoms with Crippen molar-refractivity contribution in [3.05, 3.63) is 57.1 Å². The first-order valence-electron chi connectivity index (χ1n) is 15.3. The van der Waals surface area contributed by atoms with Crippen LogP contribution in [0.3, 0.4) is 0 Å². The number of hydrogen-bond acceptors (Lipinski definition) is 8. The molecule has 2 aliphatic rings. The first kappa shape index (κ1) is 31.1. The van der Waals surface area contributed by atoms with Crippen LogP contribution in [-0.4, -0.2) is 53.5 Å². The minimum atomic E-state index is -1.04. The van der Waals surface area contributed by atoms with Gasteiger partial charge in [-0.2, -0.15) is 0 Å². The molecule has 1 amide bonds. The van der Waals surface area contributed by atoms with Gasteiger partial charge in [-0.25, -0.2) is 9.59 Å². The fourth-order valence-electron chi connectivity index (χ4n) is 6.32. The number of nitrogens with zero attached hydrogens (tertiary/aromatic N) is 2. The third-order valence-electron chi connectivity index (χ3n) is 9.04. The minimum absolute atomic E-state index is 0.139. The van der Waals surface area contributed by atoms with Gasteiger partial charge in [-0.05, 0) is 62.5 Å². The molecule has 0 spiro atoms. The van der Waals surface area contributed by atoms with Crippen LogP contribution in [0.2, 0.25) is 0 Å². The monoisotopic (exact) mass is 605 g/mol. The first-order chi connectivity index (χ1) is 20.4. The van der Waals surface area contributed by atoms with E-state index in [0.717, 1.165) is 64.8 Å². The van der Waals surface area contributed by atoms with Crippen LogP contribution in [-0.2, 0) is 40.1 Å². The number of hydrogen-bond donors (Lipinski definition) is 1. The summed E-state index contributed by atoms with van der Waals surface area (Å²) in [5.74, 6) is -0.974. The Morgan fingerprint density at radius 1 is 1.09 bits per heavy atom. The van der Waals surface area contributed by atoms with Crippen LogP contribution >= 0.6 is 11.3 Å². The summed E-state index contributed by atoms with van der Waals surface area (Å²) in [6.45, 7) is 14.3. The molecule has 230 valence electrons. The number of rotatable bonds is 7. The highest BCUT2D eigenvalue weighted by atomic mass is 32.1. The number of carbonyl (C=O) groups is 3. The van der Waals surface area contributed by atoms with Crippen molar-refractivity contribution in [3.63, 3.8) is 0 Å². The Morgan fingerprint density at radius 3 is 2.51 bits per heavy atom. The lowest BCUT2D eigenvalue weighted by atomic mass is 9.72. The second kappa shape index (κ2) is 12.4. The van der Waals surface area contributed by atoms with E-state index in [1.54, 1.807) is 0 Å². The quantitative estimate of drug-likeness (QED) is 0.304. The summed E-state index contributed by atoms with van der Waals surface area (Å²) in [4.78, 5) is 48.8. The Labute approximate surface area is 258 Å². The lowest BCUT2D eigenvalue weighted by Crippen LogP contribution is -2.38. The van der Waals surface area contributed by atoms with Crippen molar-refractivity contribution in [2.24, 2.45) is 11.3 Å². The van der Waals surface area contributed by atoms with Crippen LogP contribution in [0.1, 0.15) is 96.8 Å². The van der Waals surface area contributed by atoms with Crippen molar-refractivity contribution in [1.82, 2.24) is 9.88 Å². The summed E-state index contributed by atoms with van der Waals surface area (Å²) in [5.41, 5.74) is 4.51. The van der Waals surface area contributed by atoms with E-state index in [1.165, 1.54) is 18.4 Å². The van der Waals surface area contributed by atoms with Gasteiger partial charge >= 0.3 is 11.9 Å². The maximum absolute atomic E-state index is 13.9. The third-order valence-corrected chi connectivity index (χ3v) is 10.2. The van der Waals surface area contributed by atoms with Crippen LogP contribution in [0.25, 0.3) is 10.9 Å². The van der Waals surface area contributed by atoms with Crippen molar-refractivity contribution >= 4 is 45.1 Å². The number of para-hydroxylation sites is 1. The molecule has 43 heavy (non-hydrogen) atoms. The van der Waals surface area contributed by atoms with Gasteiger partial charge < -0.3 is 14.8 Å². The van der Waals surface area contributed by atoms with Gasteiger partial charge in [0.1, 0.15) is 5.00 Å². The van der Waals surface area contributed by atoms with E-state index >= 15 is 0 Å². The van der Waals surface area contributed by atoms with E-state index in [0.29, 0.717) is 34.6 Å². The molecule has 1 aromatic carbocycles. The summed E-state index contributed by atoms with van der Waals surface area (Å²) in [7, 11) is 1.36. The molecule has 2 aromatic heterocycles. The summed E-state index contributed by atoms with van der Waals surface area (Å²) in [6, 6.07) is 7.90. The van der Waals surface area contributed by atoms with E-state index < -0.39 is 23.9 Å². The Hall–Kier alpha value is -3.30. The van der Waals surface area contributed by atoms with E-state index in [2.05, 4.69) is 44.8 Å². The fourth-order valence-corrected chi connectivity index (χ4v) is 7.64. The average Bonchev–Trinajstić information content (AvgIpc) is 3.34. The summed E-state index contributed by atoms with van der Waals surface area (Å²) < 4.78 is 11.1. The van der Waals surface area contributed by atoms with Gasteiger partial charge in [0.2, 0.25) is 0 Å². The molecule has 3 aromatic rings. The third kappa shape index (κ3) is 6.20. The van der Waals surface area contributed by atoms with Gasteiger partial charge in [-0.1, -0.05) is 45.9 Å². The molecule has 0 fully saturated rings. The number of nitrogens with one attached hydrogen (secondary N) is 1. The van der Waals surface area contributed by atoms with Gasteiger partial charge in [-0.15, -0.1) is 11.3 Å². The van der Waals surface area contributed by atoms with Crippen LogP contribution in [0, 0.1) is 11.3 Å². The zero-order chi connectivity index (χ0) is 31.1. The molecule has 3 heterocycles. The number of methoxy groups -OCH3 is 1. The number of amides is 1. The predicted octanol–water partition coefficient (Wildman–Crippen LogP) is 6.57. The van der Waals surface area contributed by atoms with Crippen molar-refractivity contribution in [2.45, 2.75) is 92.3 Å². The standard InChI is InChI=1S/C34H43N3O5S/c1-8-26(30(38)36-31-29(32(39)41-7)22-14-13-20(34(4,5)6)17-27(22)43-31)42-33(40)28-21-11-9-10-12-24(21)35-25-15-16-37(19(2)3)18-23(25)28/h9-12,19-20,26H,8,13-18H2,1-7H3,(H,36,38). The second-order valence-corrected chi connectivity index (χ2v) is 14.1. The molecular formula is C34H43N3O5S. The largest absolute Gasteiger partial charge is 0.465 e. The minimum Gasteiger partial charge on any atom is -0.465 e. The maximum Gasteiger partial charge on any atom is 0.341 e. The first-order valence-corrected chi connectivity index (χ1v) is 16.1. The van der Waals surface area contributed by atoms with Gasteiger partial charge in [0.05, 0.1) is 23.8 Å². The molecule has 2 atom stereocenters. The van der Waals surface area contributed by atoms with E-state index in [9.17, 15) is 14.4 Å². The molecule has 1 aliphatic heterocycles. The van der Waals surface area contributed by atoms with E-state index in [-0.39, 0.29) is 11.8 Å². The number of esters is 2. The van der Waals surface area contributed by atoms with E-state index in [4.69, 9.17) is 14.5 Å². The summed E-state index contributed by atoms with van der Waals surface area (Å²) in [6.07, 6.45) is 2.57. The zero-order valence-corrected chi connectivity index (χ0v) is 27.2. The number of ether oxygens (including phenoxy) is 2. The molecule has 0 saturated carbocycles. The topological polar surface area (TPSA) is 97.8 Å². The molecule has 2 unspecified atom stereocenters. The Bertz CT molecular complexity index is 1550. The van der Waals surface area contributed by atoms with Gasteiger partial charge in [0.25, 0.3) is 5.91 Å². The van der Waals surface area contributed by atoms with Crippen LogP contribution in [0.4, 0.5) is 5.00 Å². The predicted molar refractivity (Wildman–Crippen MR) is 170 cm³/mol. The highest BCUT2D eigenvalue weighted by Gasteiger charge is 2.36. The van der Waals surface area contributed by atoms with Crippen LogP contribution in [0.5, 0.6) is 0 Å². The van der Waals surface area contributed by atoms with Crippen molar-refractivity contribution in [3.8, 4) is 0 Å². The second-order valence-electron chi connectivity index (χ2n) is 13.0. The number of benzene rings is 1. The number of pyridine rings is 1. The molecule has 9 heteroatoms. The lowest BCUT2D eigenvalue weighted by molar-refractivity contribution is -0.124. The Morgan fingerprint density at radius 2 is 1.84 bits per heavy atom. The molecule has 0 saturated heterocycles. The number of anilines is 1. The summed E-state index contributed by atoms with van der Waals surface area (Å²) in [5, 5.41) is 4.13. The lowest BCUT2D eigenvalue weighted by Gasteiger charge is -2.33. The van der Waals surface area contributed by atoms with Gasteiger partial charge in [-0.3, -0.25) is 14.7 Å². The maximum atomic E-state index is 13.9. The average molecular weight is 606 g/mol. The highest BCUT2D eigenvalue weighted by molar-refractivity contribution is 7.17. The number of aromatic nitrogens is 1. The highest BCUT2D eigenvalue weighted by Crippen LogP contribution is 2.44. The molecule has 1 aliphatic carbocycles. The molecular weight excluding hydrogens is 562 g/mol. The molecule has 8 nitrogen and oxygen atoms in total. The normalized spacial score (nSPS) is 17.7. The molecule has 1 N–H and O–H groups in total. The van der Waals surface area contributed by atoms with Crippen molar-refractivity contribution in [1.29, 1.82) is 0 Å². The Balaban J connectivity index is 1.43. The molecule has 5 rings (SSSR count). The van der Waals surface area contributed by atoms with Gasteiger partial charge in [0.15, 0.2) is 6.10 Å². The van der Waals surface area contributed by atoms with Crippen molar-refractivity contribution in [2.75, 3.05) is 19.0 Å². The van der Waals surface area contributed by atoms with Crippen LogP contribution in [0.15, 0.2) is 24.3 Å². The van der Waals surface area contributed by atoms with Crippen LogP contribution < -0.4 is 5.32 Å². The fraction of sp³-hybridized carbons (Fsp3) is 0.529. The van der Waals surface area contributed by atoms with Gasteiger partial charge in [0, 0.05) is 47.1 Å². The van der Waals surface area contributed by atoms with E-state index in [1.807, 2.05) is 31.2 Å². The molecule has 0 bridgehead atoms. The number of thiophene rings is 1. The summed E-state index contributed by atoms with van der Waals surface area (Å²) >= 11 is 1.43. The zero-order valence-electron chi connectivity index (χ0n) is 26.3. The Kier molecular flexibility index (Phi) is 8.95. The molecule has 0 radical (unpaired) electrons.